The van der Waals surface area contributed by atoms with Gasteiger partial charge in [-0.25, -0.2) is 4.39 Å². The summed E-state index contributed by atoms with van der Waals surface area (Å²) >= 11 is 0. The maximum atomic E-state index is 13.1. The Balaban J connectivity index is 2.29. The van der Waals surface area contributed by atoms with Crippen molar-refractivity contribution < 1.29 is 4.39 Å². The molecule has 2 heteroatoms. The van der Waals surface area contributed by atoms with Gasteiger partial charge in [0.05, 0.1) is 6.04 Å². The van der Waals surface area contributed by atoms with Gasteiger partial charge in [0.15, 0.2) is 0 Å². The lowest BCUT2D eigenvalue weighted by Gasteiger charge is -2.27. The first-order valence-corrected chi connectivity index (χ1v) is 5.35. The molecule has 15 heavy (non-hydrogen) atoms. The Kier molecular flexibility index (Phi) is 2.76. The summed E-state index contributed by atoms with van der Waals surface area (Å²) in [6.07, 6.45) is 5.20. The van der Waals surface area contributed by atoms with Crippen molar-refractivity contribution in [3.05, 3.63) is 47.4 Å². The van der Waals surface area contributed by atoms with Crippen molar-refractivity contribution in [1.82, 2.24) is 5.32 Å². The molecular formula is C13H16FN. The van der Waals surface area contributed by atoms with Crippen LogP contribution in [0.5, 0.6) is 0 Å². The average Bonchev–Trinajstić information content (AvgIpc) is 2.23. The van der Waals surface area contributed by atoms with Gasteiger partial charge in [-0.1, -0.05) is 25.1 Å². The standard InChI is InChI=1S/C13H16FN/c1-9-4-3-7-15-13(9)11-5-6-12(14)10(2)8-11/h3,5-9,13,15H,4H2,1-2H3/t9?,13-/m0/s1. The van der Waals surface area contributed by atoms with Gasteiger partial charge in [-0.15, -0.1) is 0 Å². The SMILES string of the molecule is Cc1cc([C@H]2NC=CCC2C)ccc1F. The van der Waals surface area contributed by atoms with Crippen molar-refractivity contribution in [2.24, 2.45) is 5.92 Å². The third-order valence-electron chi connectivity index (χ3n) is 3.01. The average molecular weight is 205 g/mol. The van der Waals surface area contributed by atoms with Gasteiger partial charge in [0, 0.05) is 0 Å². The zero-order valence-electron chi connectivity index (χ0n) is 9.13. The summed E-state index contributed by atoms with van der Waals surface area (Å²) < 4.78 is 13.1. The summed E-state index contributed by atoms with van der Waals surface area (Å²) in [7, 11) is 0. The number of rotatable bonds is 1. The van der Waals surface area contributed by atoms with E-state index in [-0.39, 0.29) is 5.82 Å². The van der Waals surface area contributed by atoms with Gasteiger partial charge in [-0.05, 0) is 42.7 Å². The highest BCUT2D eigenvalue weighted by Gasteiger charge is 2.19. The molecular weight excluding hydrogens is 189 g/mol. The van der Waals surface area contributed by atoms with E-state index in [9.17, 15) is 4.39 Å². The summed E-state index contributed by atoms with van der Waals surface area (Å²) in [6, 6.07) is 5.67. The molecule has 0 aromatic heterocycles. The molecule has 0 aliphatic carbocycles. The molecule has 1 nitrogen and oxygen atoms in total. The molecule has 0 fully saturated rings. The van der Waals surface area contributed by atoms with Crippen LogP contribution in [0.1, 0.15) is 30.5 Å². The minimum Gasteiger partial charge on any atom is -0.384 e. The molecule has 1 N–H and O–H groups in total. The van der Waals surface area contributed by atoms with E-state index in [1.807, 2.05) is 25.3 Å². The molecule has 1 heterocycles. The smallest absolute Gasteiger partial charge is 0.126 e. The van der Waals surface area contributed by atoms with E-state index in [0.29, 0.717) is 12.0 Å². The molecule has 2 atom stereocenters. The second-order valence-corrected chi connectivity index (χ2v) is 4.27. The van der Waals surface area contributed by atoms with Crippen LogP contribution in [0.2, 0.25) is 0 Å². The van der Waals surface area contributed by atoms with E-state index in [0.717, 1.165) is 12.0 Å². The van der Waals surface area contributed by atoms with Crippen molar-refractivity contribution in [1.29, 1.82) is 0 Å². The highest BCUT2D eigenvalue weighted by molar-refractivity contribution is 5.28. The van der Waals surface area contributed by atoms with Crippen LogP contribution < -0.4 is 5.32 Å². The van der Waals surface area contributed by atoms with Crippen LogP contribution in [0.15, 0.2) is 30.5 Å². The number of allylic oxidation sites excluding steroid dienone is 1. The number of hydrogen-bond acceptors (Lipinski definition) is 1. The van der Waals surface area contributed by atoms with Gasteiger partial charge in [-0.2, -0.15) is 0 Å². The third kappa shape index (κ3) is 2.04. The summed E-state index contributed by atoms with van der Waals surface area (Å²) in [6.45, 7) is 4.02. The number of hydrogen-bond donors (Lipinski definition) is 1. The topological polar surface area (TPSA) is 12.0 Å². The molecule has 0 saturated heterocycles. The Labute approximate surface area is 90.0 Å². The van der Waals surface area contributed by atoms with Crippen LogP contribution in [0, 0.1) is 18.7 Å². The summed E-state index contributed by atoms with van der Waals surface area (Å²) in [4.78, 5) is 0. The molecule has 1 aliphatic rings. The Morgan fingerprint density at radius 3 is 2.87 bits per heavy atom. The number of halogens is 1. The van der Waals surface area contributed by atoms with Crippen molar-refractivity contribution >= 4 is 0 Å². The first kappa shape index (κ1) is 10.2. The highest BCUT2D eigenvalue weighted by atomic mass is 19.1. The van der Waals surface area contributed by atoms with Crippen molar-refractivity contribution in [2.45, 2.75) is 26.3 Å². The van der Waals surface area contributed by atoms with Gasteiger partial charge in [0.2, 0.25) is 0 Å². The maximum absolute atomic E-state index is 13.1. The van der Waals surface area contributed by atoms with Crippen molar-refractivity contribution in [2.75, 3.05) is 0 Å². The van der Waals surface area contributed by atoms with Crippen LogP contribution in [0.4, 0.5) is 4.39 Å². The molecule has 80 valence electrons. The van der Waals surface area contributed by atoms with Gasteiger partial charge < -0.3 is 5.32 Å². The van der Waals surface area contributed by atoms with E-state index < -0.39 is 0 Å². The van der Waals surface area contributed by atoms with Crippen LogP contribution in [0.25, 0.3) is 0 Å². The minimum absolute atomic E-state index is 0.127. The predicted molar refractivity (Wildman–Crippen MR) is 59.9 cm³/mol. The van der Waals surface area contributed by atoms with Gasteiger partial charge in [0.1, 0.15) is 5.82 Å². The lowest BCUT2D eigenvalue weighted by atomic mass is 9.89. The number of aryl methyl sites for hydroxylation is 1. The van der Waals surface area contributed by atoms with Gasteiger partial charge in [0.25, 0.3) is 0 Å². The fourth-order valence-corrected chi connectivity index (χ4v) is 2.04. The normalized spacial score (nSPS) is 25.0. The molecule has 1 aromatic rings. The first-order valence-electron chi connectivity index (χ1n) is 5.35. The van der Waals surface area contributed by atoms with E-state index in [1.165, 1.54) is 5.56 Å². The third-order valence-corrected chi connectivity index (χ3v) is 3.01. The van der Waals surface area contributed by atoms with Crippen LogP contribution in [-0.2, 0) is 0 Å². The Hall–Kier alpha value is -1.31. The van der Waals surface area contributed by atoms with Gasteiger partial charge >= 0.3 is 0 Å². The second kappa shape index (κ2) is 4.05. The molecule has 2 rings (SSSR count). The summed E-state index contributed by atoms with van der Waals surface area (Å²) in [5, 5.41) is 3.33. The molecule has 0 saturated carbocycles. The zero-order valence-corrected chi connectivity index (χ0v) is 9.13. The zero-order chi connectivity index (χ0) is 10.8. The van der Waals surface area contributed by atoms with Gasteiger partial charge in [-0.3, -0.25) is 0 Å². The first-order chi connectivity index (χ1) is 7.18. The van der Waals surface area contributed by atoms with Crippen LogP contribution in [-0.4, -0.2) is 0 Å². The molecule has 0 bridgehead atoms. The van der Waals surface area contributed by atoms with Crippen LogP contribution >= 0.6 is 0 Å². The van der Waals surface area contributed by atoms with Crippen molar-refractivity contribution in [3.8, 4) is 0 Å². The maximum Gasteiger partial charge on any atom is 0.126 e. The molecule has 1 unspecified atom stereocenters. The van der Waals surface area contributed by atoms with Crippen molar-refractivity contribution in [3.63, 3.8) is 0 Å². The fourth-order valence-electron chi connectivity index (χ4n) is 2.04. The Morgan fingerprint density at radius 2 is 2.20 bits per heavy atom. The molecule has 0 spiro atoms. The van der Waals surface area contributed by atoms with E-state index in [1.54, 1.807) is 6.07 Å². The Morgan fingerprint density at radius 1 is 1.40 bits per heavy atom. The monoisotopic (exact) mass is 205 g/mol. The lowest BCUT2D eigenvalue weighted by molar-refractivity contribution is 0.408. The predicted octanol–water partition coefficient (Wildman–Crippen LogP) is 3.32. The number of benzene rings is 1. The highest BCUT2D eigenvalue weighted by Crippen LogP contribution is 2.28. The molecule has 1 aromatic carbocycles. The summed E-state index contributed by atoms with van der Waals surface area (Å²) in [5.74, 6) is 0.428. The minimum atomic E-state index is -0.127. The second-order valence-electron chi connectivity index (χ2n) is 4.27. The lowest BCUT2D eigenvalue weighted by Crippen LogP contribution is -2.25. The fraction of sp³-hybridized carbons (Fsp3) is 0.385. The number of nitrogens with one attached hydrogen (secondary N) is 1. The van der Waals surface area contributed by atoms with E-state index >= 15 is 0 Å². The van der Waals surface area contributed by atoms with E-state index in [4.69, 9.17) is 0 Å². The Bertz CT molecular complexity index is 384. The van der Waals surface area contributed by atoms with E-state index in [2.05, 4.69) is 18.3 Å². The quantitative estimate of drug-likeness (QED) is 0.741. The molecule has 1 aliphatic heterocycles. The van der Waals surface area contributed by atoms with Crippen LogP contribution in [0.3, 0.4) is 0 Å². The largest absolute Gasteiger partial charge is 0.384 e. The molecule has 0 amide bonds. The molecule has 0 radical (unpaired) electrons. The summed E-state index contributed by atoms with van der Waals surface area (Å²) in [5.41, 5.74) is 1.89.